The minimum absolute atomic E-state index is 0.204. The first-order valence-corrected chi connectivity index (χ1v) is 10.9. The van der Waals surface area contributed by atoms with E-state index in [0.29, 0.717) is 20.6 Å². The van der Waals surface area contributed by atoms with E-state index in [1.54, 1.807) is 35.4 Å². The first-order chi connectivity index (χ1) is 14.4. The molecule has 1 unspecified atom stereocenters. The predicted octanol–water partition coefficient (Wildman–Crippen LogP) is 2.29. The highest BCUT2D eigenvalue weighted by Gasteiger charge is 2.33. The molecule has 0 spiro atoms. The Morgan fingerprint density at radius 1 is 1.33 bits per heavy atom. The smallest absolute Gasteiger partial charge is 0.338 e. The van der Waals surface area contributed by atoms with Crippen LogP contribution in [0.1, 0.15) is 31.0 Å². The van der Waals surface area contributed by atoms with E-state index in [4.69, 9.17) is 4.74 Å². The highest BCUT2D eigenvalue weighted by Crippen LogP contribution is 2.31. The molecule has 1 atom stereocenters. The predicted molar refractivity (Wildman–Crippen MR) is 118 cm³/mol. The number of benzene rings is 1. The van der Waals surface area contributed by atoms with Gasteiger partial charge in [-0.3, -0.25) is 14.0 Å². The molecule has 154 valence electrons. The van der Waals surface area contributed by atoms with E-state index in [0.717, 1.165) is 15.6 Å². The van der Waals surface area contributed by atoms with E-state index in [1.807, 2.05) is 37.5 Å². The Bertz CT molecular complexity index is 1330. The van der Waals surface area contributed by atoms with Crippen LogP contribution in [0, 0.1) is 0 Å². The fourth-order valence-corrected chi connectivity index (χ4v) is 4.73. The summed E-state index contributed by atoms with van der Waals surface area (Å²) >= 11 is 4.73. The summed E-state index contributed by atoms with van der Waals surface area (Å²) in [6.07, 6.45) is 5.32. The minimum Gasteiger partial charge on any atom is -0.463 e. The lowest BCUT2D eigenvalue weighted by atomic mass is 9.96. The first-order valence-electron chi connectivity index (χ1n) is 9.33. The molecular weight excluding hydrogens is 468 g/mol. The number of hydrogen-bond acceptors (Lipinski definition) is 6. The number of aromatic nitrogens is 3. The van der Waals surface area contributed by atoms with Gasteiger partial charge >= 0.3 is 5.97 Å². The third kappa shape index (κ3) is 3.70. The fourth-order valence-electron chi connectivity index (χ4n) is 3.42. The van der Waals surface area contributed by atoms with Crippen molar-refractivity contribution in [1.29, 1.82) is 0 Å². The van der Waals surface area contributed by atoms with Crippen molar-refractivity contribution in [1.82, 2.24) is 14.3 Å². The van der Waals surface area contributed by atoms with Crippen molar-refractivity contribution < 1.29 is 9.53 Å². The Morgan fingerprint density at radius 2 is 2.07 bits per heavy atom. The minimum atomic E-state index is -0.607. The van der Waals surface area contributed by atoms with Gasteiger partial charge in [0.25, 0.3) is 5.56 Å². The van der Waals surface area contributed by atoms with Gasteiger partial charge < -0.3 is 4.74 Å². The van der Waals surface area contributed by atoms with Crippen molar-refractivity contribution in [3.05, 3.63) is 83.2 Å². The molecule has 0 bridgehead atoms. The van der Waals surface area contributed by atoms with Crippen molar-refractivity contribution in [2.75, 3.05) is 6.61 Å². The van der Waals surface area contributed by atoms with Crippen LogP contribution >= 0.6 is 27.3 Å². The van der Waals surface area contributed by atoms with Crippen LogP contribution < -0.4 is 14.9 Å². The van der Waals surface area contributed by atoms with Gasteiger partial charge in [-0.05, 0) is 37.6 Å². The van der Waals surface area contributed by atoms with Gasteiger partial charge in [0.1, 0.15) is 0 Å². The Morgan fingerprint density at radius 3 is 2.70 bits per heavy atom. The molecule has 7 nitrogen and oxygen atoms in total. The van der Waals surface area contributed by atoms with Crippen LogP contribution in [0.15, 0.2) is 62.2 Å². The maximum Gasteiger partial charge on any atom is 0.338 e. The van der Waals surface area contributed by atoms with Crippen LogP contribution in [0.25, 0.3) is 6.08 Å². The molecule has 30 heavy (non-hydrogen) atoms. The molecule has 0 saturated heterocycles. The van der Waals surface area contributed by atoms with Crippen molar-refractivity contribution >= 4 is 39.3 Å². The van der Waals surface area contributed by atoms with Gasteiger partial charge in [-0.2, -0.15) is 5.10 Å². The zero-order valence-corrected chi connectivity index (χ0v) is 19.0. The van der Waals surface area contributed by atoms with Crippen molar-refractivity contribution in [3.8, 4) is 0 Å². The van der Waals surface area contributed by atoms with Gasteiger partial charge in [-0.15, -0.1) is 0 Å². The second kappa shape index (κ2) is 8.16. The molecule has 0 amide bonds. The van der Waals surface area contributed by atoms with Gasteiger partial charge in [0.05, 0.1) is 34.6 Å². The fraction of sp³-hybridized carbons (Fsp3) is 0.238. The van der Waals surface area contributed by atoms with Crippen LogP contribution in [0.4, 0.5) is 0 Å². The number of aryl methyl sites for hydroxylation is 1. The molecule has 3 aromatic rings. The van der Waals surface area contributed by atoms with Crippen LogP contribution in [0.3, 0.4) is 0 Å². The maximum atomic E-state index is 13.4. The van der Waals surface area contributed by atoms with Crippen molar-refractivity contribution in [2.24, 2.45) is 12.0 Å². The molecule has 3 heterocycles. The second-order valence-electron chi connectivity index (χ2n) is 6.80. The lowest BCUT2D eigenvalue weighted by Gasteiger charge is -2.24. The van der Waals surface area contributed by atoms with E-state index < -0.39 is 12.0 Å². The number of carbonyl (C=O) groups excluding carboxylic acids is 1. The Labute approximate surface area is 184 Å². The summed E-state index contributed by atoms with van der Waals surface area (Å²) in [6.45, 7) is 3.77. The van der Waals surface area contributed by atoms with E-state index >= 15 is 0 Å². The molecule has 0 aliphatic carbocycles. The standard InChI is InChI=1S/C21H19BrN4O3S/c1-4-29-20(28)17-12(2)24-21-26(18(17)14-5-7-15(22)8-6-14)19(27)16(30-21)9-13-10-23-25(3)11-13/h5-11,18H,4H2,1-3H3. The summed E-state index contributed by atoms with van der Waals surface area (Å²) in [5, 5.41) is 4.15. The maximum absolute atomic E-state index is 13.4. The average Bonchev–Trinajstić information content (AvgIpc) is 3.24. The van der Waals surface area contributed by atoms with E-state index in [1.165, 1.54) is 11.3 Å². The third-order valence-corrected chi connectivity index (χ3v) is 6.24. The van der Waals surface area contributed by atoms with Gasteiger partial charge in [0.2, 0.25) is 0 Å². The zero-order chi connectivity index (χ0) is 21.4. The largest absolute Gasteiger partial charge is 0.463 e. The van der Waals surface area contributed by atoms with Gasteiger partial charge in [0, 0.05) is 23.3 Å². The highest BCUT2D eigenvalue weighted by molar-refractivity contribution is 9.10. The summed E-state index contributed by atoms with van der Waals surface area (Å²) in [6, 6.07) is 6.96. The van der Waals surface area contributed by atoms with Gasteiger partial charge in [0.15, 0.2) is 4.80 Å². The van der Waals surface area contributed by atoms with E-state index in [-0.39, 0.29) is 12.2 Å². The molecular formula is C21H19BrN4O3S. The normalized spacial score (nSPS) is 16.4. The van der Waals surface area contributed by atoms with E-state index in [2.05, 4.69) is 26.0 Å². The zero-order valence-electron chi connectivity index (χ0n) is 16.6. The number of esters is 1. The topological polar surface area (TPSA) is 78.5 Å². The molecule has 2 aromatic heterocycles. The van der Waals surface area contributed by atoms with Crippen molar-refractivity contribution in [3.63, 3.8) is 0 Å². The number of rotatable bonds is 4. The quantitative estimate of drug-likeness (QED) is 0.530. The number of fused-ring (bicyclic) bond motifs is 1. The monoisotopic (exact) mass is 486 g/mol. The average molecular weight is 487 g/mol. The van der Waals surface area contributed by atoms with Gasteiger partial charge in [-0.25, -0.2) is 9.79 Å². The lowest BCUT2D eigenvalue weighted by Crippen LogP contribution is -2.39. The molecule has 0 radical (unpaired) electrons. The summed E-state index contributed by atoms with van der Waals surface area (Å²) in [5.74, 6) is -0.465. The highest BCUT2D eigenvalue weighted by atomic mass is 79.9. The number of thiazole rings is 1. The number of ether oxygens (including phenoxy) is 1. The molecule has 0 N–H and O–H groups in total. The number of halogens is 1. The van der Waals surface area contributed by atoms with Crippen LogP contribution in [-0.4, -0.2) is 26.9 Å². The lowest BCUT2D eigenvalue weighted by molar-refractivity contribution is -0.139. The summed E-state index contributed by atoms with van der Waals surface area (Å²) in [4.78, 5) is 31.3. The summed E-state index contributed by atoms with van der Waals surface area (Å²) < 4.78 is 9.99. The molecule has 1 aromatic carbocycles. The molecule has 9 heteroatoms. The molecule has 0 fully saturated rings. The number of carbonyl (C=O) groups is 1. The SMILES string of the molecule is CCOC(=O)C1=C(C)N=c2sc(=Cc3cnn(C)c3)c(=O)n2C1c1ccc(Br)cc1. The first kappa shape index (κ1) is 20.5. The number of nitrogens with zero attached hydrogens (tertiary/aromatic N) is 4. The number of allylic oxidation sites excluding steroid dienone is 1. The Hall–Kier alpha value is -2.78. The Kier molecular flexibility index (Phi) is 5.57. The van der Waals surface area contributed by atoms with Crippen LogP contribution in [0.5, 0.6) is 0 Å². The van der Waals surface area contributed by atoms with E-state index in [9.17, 15) is 9.59 Å². The Balaban J connectivity index is 1.96. The molecule has 1 aliphatic rings. The van der Waals surface area contributed by atoms with Crippen molar-refractivity contribution in [2.45, 2.75) is 19.9 Å². The number of hydrogen-bond donors (Lipinski definition) is 0. The summed E-state index contributed by atoms with van der Waals surface area (Å²) in [7, 11) is 1.82. The van der Waals surface area contributed by atoms with Crippen LogP contribution in [0.2, 0.25) is 0 Å². The summed E-state index contributed by atoms with van der Waals surface area (Å²) in [5.41, 5.74) is 2.36. The molecule has 0 saturated carbocycles. The molecule has 4 rings (SSSR count). The van der Waals surface area contributed by atoms with Gasteiger partial charge in [-0.1, -0.05) is 39.4 Å². The third-order valence-electron chi connectivity index (χ3n) is 4.73. The second-order valence-corrected chi connectivity index (χ2v) is 8.73. The van der Waals surface area contributed by atoms with Crippen LogP contribution in [-0.2, 0) is 16.6 Å². The molecule has 1 aliphatic heterocycles.